The topological polar surface area (TPSA) is 70.1 Å². The van der Waals surface area contributed by atoms with Crippen LogP contribution in [-0.4, -0.2) is 41.7 Å². The summed E-state index contributed by atoms with van der Waals surface area (Å²) in [6.07, 6.45) is -11.6. The predicted octanol–water partition coefficient (Wildman–Crippen LogP) is 10.3. The van der Waals surface area contributed by atoms with Gasteiger partial charge in [0.2, 0.25) is 0 Å². The zero-order chi connectivity index (χ0) is 36.6. The second-order valence-electron chi connectivity index (χ2n) is 11.4. The SMILES string of the molecule is CC.CCCN(C)c1ccc(C(F)(F)F)cc1CN1C(=O)OC(c2cc(C(F)(F)F)cc(C(F)(F)F)c2)C1C.O=C(O)C1CCCCC1. The van der Waals surface area contributed by atoms with Crippen LogP contribution in [0.4, 0.5) is 50.0 Å². The van der Waals surface area contributed by atoms with E-state index in [0.717, 1.165) is 42.7 Å². The van der Waals surface area contributed by atoms with Gasteiger partial charge in [0.15, 0.2) is 0 Å². The molecule has 6 nitrogen and oxygen atoms in total. The summed E-state index contributed by atoms with van der Waals surface area (Å²) in [4.78, 5) is 25.7. The molecule has 2 aromatic carbocycles. The fourth-order valence-corrected chi connectivity index (χ4v) is 5.55. The summed E-state index contributed by atoms with van der Waals surface area (Å²) in [6.45, 7) is 7.27. The number of aliphatic carboxylic acids is 1. The monoisotopic (exact) mass is 700 g/mol. The van der Waals surface area contributed by atoms with Crippen molar-refractivity contribution in [3.8, 4) is 0 Å². The van der Waals surface area contributed by atoms with Crippen molar-refractivity contribution in [2.75, 3.05) is 18.5 Å². The van der Waals surface area contributed by atoms with Gasteiger partial charge < -0.3 is 14.7 Å². The minimum absolute atomic E-state index is 0.0289. The quantitative estimate of drug-likeness (QED) is 0.291. The maximum atomic E-state index is 13.4. The molecule has 2 atom stereocenters. The minimum atomic E-state index is -5.10. The van der Waals surface area contributed by atoms with E-state index in [2.05, 4.69) is 0 Å². The fourth-order valence-electron chi connectivity index (χ4n) is 5.55. The summed E-state index contributed by atoms with van der Waals surface area (Å²) in [6, 6.07) is 2.81. The molecule has 2 unspecified atom stereocenters. The van der Waals surface area contributed by atoms with Gasteiger partial charge >= 0.3 is 30.6 Å². The molecule has 270 valence electrons. The molecule has 0 radical (unpaired) electrons. The summed E-state index contributed by atoms with van der Waals surface area (Å²) < 4.78 is 125. The molecule has 1 aliphatic heterocycles. The smallest absolute Gasteiger partial charge is 0.416 e. The summed E-state index contributed by atoms with van der Waals surface area (Å²) in [5.74, 6) is -0.631. The van der Waals surface area contributed by atoms with Crippen LogP contribution in [0.5, 0.6) is 0 Å². The molecule has 0 bridgehead atoms. The van der Waals surface area contributed by atoms with Crippen LogP contribution in [0.2, 0.25) is 0 Å². The minimum Gasteiger partial charge on any atom is -0.481 e. The van der Waals surface area contributed by atoms with E-state index in [1.54, 1.807) is 11.9 Å². The Balaban J connectivity index is 0.000000620. The molecule has 0 spiro atoms. The Bertz CT molecular complexity index is 1340. The number of carbonyl (C=O) groups is 2. The van der Waals surface area contributed by atoms with E-state index in [-0.39, 0.29) is 17.5 Å². The number of carbonyl (C=O) groups excluding carboxylic acids is 1. The Morgan fingerprint density at radius 3 is 1.83 bits per heavy atom. The molecule has 1 saturated heterocycles. The van der Waals surface area contributed by atoms with Gasteiger partial charge in [-0.25, -0.2) is 4.79 Å². The number of rotatable bonds is 7. The molecule has 48 heavy (non-hydrogen) atoms. The molecule has 2 aromatic rings. The third-order valence-electron chi connectivity index (χ3n) is 8.00. The number of halogens is 9. The summed E-state index contributed by atoms with van der Waals surface area (Å²) in [7, 11) is 1.64. The Kier molecular flexibility index (Phi) is 14.1. The first kappa shape index (κ1) is 40.5. The number of alkyl halides is 9. The molecule has 0 aromatic heterocycles. The lowest BCUT2D eigenvalue weighted by Crippen LogP contribution is -2.32. The van der Waals surface area contributed by atoms with Crippen LogP contribution in [-0.2, 0) is 34.6 Å². The van der Waals surface area contributed by atoms with Crippen LogP contribution in [0.25, 0.3) is 0 Å². The van der Waals surface area contributed by atoms with Crippen molar-refractivity contribution in [1.82, 2.24) is 4.90 Å². The number of benzene rings is 2. The zero-order valence-electron chi connectivity index (χ0n) is 27.3. The van der Waals surface area contributed by atoms with Crippen molar-refractivity contribution in [2.24, 2.45) is 5.92 Å². The molecule has 1 heterocycles. The van der Waals surface area contributed by atoms with Crippen LogP contribution in [0.15, 0.2) is 36.4 Å². The fraction of sp³-hybridized carbons (Fsp3) is 0.576. The molecular formula is C33H41F9N2O4. The van der Waals surface area contributed by atoms with Gasteiger partial charge in [0.1, 0.15) is 6.10 Å². The van der Waals surface area contributed by atoms with E-state index in [1.807, 2.05) is 20.8 Å². The van der Waals surface area contributed by atoms with Crippen LogP contribution >= 0.6 is 0 Å². The standard InChI is InChI=1S/C24H23F9N2O2.C7H12O2.C2H6/c1-4-7-34(3)19-6-5-16(22(25,26)27)10-15(19)12-35-13(2)20(37-21(35)36)14-8-17(23(28,29)30)11-18(9-14)24(31,32)33;8-7(9)6-4-2-1-3-5-6;1-2/h5-6,8-11,13,20H,4,7,12H2,1-3H3;6H,1-5H2,(H,8,9);1-2H3. The van der Waals surface area contributed by atoms with Gasteiger partial charge in [-0.2, -0.15) is 39.5 Å². The number of carboxylic acids is 1. The number of ether oxygens (including phenoxy) is 1. The average molecular weight is 701 g/mol. The number of carboxylic acid groups (broad SMARTS) is 1. The van der Waals surface area contributed by atoms with Gasteiger partial charge in [-0.05, 0) is 73.7 Å². The zero-order valence-corrected chi connectivity index (χ0v) is 27.3. The van der Waals surface area contributed by atoms with Gasteiger partial charge in [-0.15, -0.1) is 0 Å². The van der Waals surface area contributed by atoms with E-state index < -0.39 is 71.5 Å². The van der Waals surface area contributed by atoms with Crippen molar-refractivity contribution in [1.29, 1.82) is 0 Å². The molecule has 4 rings (SSSR count). The van der Waals surface area contributed by atoms with E-state index in [0.29, 0.717) is 30.8 Å². The van der Waals surface area contributed by atoms with E-state index in [4.69, 9.17) is 9.84 Å². The highest BCUT2D eigenvalue weighted by Crippen LogP contribution is 2.42. The first-order valence-corrected chi connectivity index (χ1v) is 15.6. The number of anilines is 1. The number of nitrogens with zero attached hydrogens (tertiary/aromatic N) is 2. The lowest BCUT2D eigenvalue weighted by Gasteiger charge is -2.27. The van der Waals surface area contributed by atoms with Crippen molar-refractivity contribution < 1.29 is 58.9 Å². The lowest BCUT2D eigenvalue weighted by molar-refractivity contribution is -0.144. The van der Waals surface area contributed by atoms with E-state index >= 15 is 0 Å². The van der Waals surface area contributed by atoms with Crippen LogP contribution < -0.4 is 4.90 Å². The van der Waals surface area contributed by atoms with Gasteiger partial charge in [-0.3, -0.25) is 9.69 Å². The Morgan fingerprint density at radius 2 is 1.40 bits per heavy atom. The third kappa shape index (κ3) is 10.7. The highest BCUT2D eigenvalue weighted by molar-refractivity contribution is 5.72. The number of hydrogen-bond donors (Lipinski definition) is 1. The van der Waals surface area contributed by atoms with Gasteiger partial charge in [-0.1, -0.05) is 40.0 Å². The maximum absolute atomic E-state index is 13.4. The molecule has 15 heteroatoms. The van der Waals surface area contributed by atoms with Crippen LogP contribution in [0.1, 0.15) is 100 Å². The van der Waals surface area contributed by atoms with Gasteiger partial charge in [0.25, 0.3) is 0 Å². The average Bonchev–Trinajstić information content (AvgIpc) is 3.29. The van der Waals surface area contributed by atoms with Crippen molar-refractivity contribution >= 4 is 17.7 Å². The maximum Gasteiger partial charge on any atom is 0.416 e. The third-order valence-corrected chi connectivity index (χ3v) is 8.00. The van der Waals surface area contributed by atoms with Crippen molar-refractivity contribution in [3.05, 3.63) is 64.2 Å². The Hall–Kier alpha value is -3.65. The lowest BCUT2D eigenvalue weighted by atomic mass is 9.90. The second-order valence-corrected chi connectivity index (χ2v) is 11.4. The largest absolute Gasteiger partial charge is 0.481 e. The summed E-state index contributed by atoms with van der Waals surface area (Å²) >= 11 is 0. The van der Waals surface area contributed by atoms with E-state index in [1.165, 1.54) is 19.4 Å². The molecule has 2 aliphatic rings. The summed E-state index contributed by atoms with van der Waals surface area (Å²) in [5.41, 5.74) is -4.16. The molecule has 2 fully saturated rings. The molecule has 1 saturated carbocycles. The molecular weight excluding hydrogens is 659 g/mol. The van der Waals surface area contributed by atoms with Crippen molar-refractivity contribution in [3.63, 3.8) is 0 Å². The van der Waals surface area contributed by atoms with Crippen LogP contribution in [0, 0.1) is 5.92 Å². The Labute approximate surface area is 273 Å². The summed E-state index contributed by atoms with van der Waals surface area (Å²) in [5, 5.41) is 8.54. The normalized spacial score (nSPS) is 18.7. The Morgan fingerprint density at radius 1 is 0.875 bits per heavy atom. The van der Waals surface area contributed by atoms with Gasteiger partial charge in [0, 0.05) is 19.3 Å². The molecule has 1 N–H and O–H groups in total. The highest BCUT2D eigenvalue weighted by atomic mass is 19.4. The van der Waals surface area contributed by atoms with Gasteiger partial charge in [0.05, 0.1) is 35.2 Å². The number of hydrogen-bond acceptors (Lipinski definition) is 4. The second kappa shape index (κ2) is 16.6. The number of cyclic esters (lactones) is 1. The van der Waals surface area contributed by atoms with Crippen molar-refractivity contribution in [2.45, 2.75) is 103 Å². The molecule has 1 amide bonds. The number of amides is 1. The van der Waals surface area contributed by atoms with E-state index in [9.17, 15) is 49.1 Å². The predicted molar refractivity (Wildman–Crippen MR) is 161 cm³/mol. The van der Waals surface area contributed by atoms with Crippen LogP contribution in [0.3, 0.4) is 0 Å². The molecule has 1 aliphatic carbocycles. The first-order valence-electron chi connectivity index (χ1n) is 15.6. The highest BCUT2D eigenvalue weighted by Gasteiger charge is 2.44. The first-order chi connectivity index (χ1) is 22.2.